The Hall–Kier alpha value is -1.73. The topological polar surface area (TPSA) is 45.5 Å². The second-order valence-electron chi connectivity index (χ2n) is 4.62. The van der Waals surface area contributed by atoms with Crippen molar-refractivity contribution in [2.24, 2.45) is 5.92 Å². The van der Waals surface area contributed by atoms with Gasteiger partial charge in [-0.1, -0.05) is 13.0 Å². The van der Waals surface area contributed by atoms with Crippen LogP contribution < -0.4 is 9.47 Å². The van der Waals surface area contributed by atoms with E-state index in [1.807, 2.05) is 32.2 Å². The van der Waals surface area contributed by atoms with E-state index in [1.165, 1.54) is 0 Å². The molecule has 1 unspecified atom stereocenters. The summed E-state index contributed by atoms with van der Waals surface area (Å²) in [5.74, 6) is 1.56. The first-order valence-electron chi connectivity index (χ1n) is 6.43. The molecule has 0 aliphatic heterocycles. The molecule has 1 aromatic rings. The fraction of sp³-hybridized carbons (Fsp3) is 0.533. The smallest absolute Gasteiger partial charge is 0.161 e. The average Bonchev–Trinajstić information content (AvgIpc) is 2.44. The van der Waals surface area contributed by atoms with Crippen LogP contribution in [0.4, 0.5) is 0 Å². The van der Waals surface area contributed by atoms with Crippen molar-refractivity contribution in [3.63, 3.8) is 0 Å². The predicted molar refractivity (Wildman–Crippen MR) is 75.3 cm³/mol. The number of hydrogen-bond acceptors (Lipinski definition) is 4. The van der Waals surface area contributed by atoms with Crippen LogP contribution in [0.3, 0.4) is 0 Å². The zero-order chi connectivity index (χ0) is 14.3. The second-order valence-corrected chi connectivity index (χ2v) is 4.62. The van der Waals surface area contributed by atoms with Gasteiger partial charge in [-0.15, -0.1) is 0 Å². The summed E-state index contributed by atoms with van der Waals surface area (Å²) in [6.45, 7) is 3.61. The van der Waals surface area contributed by atoms with Crippen LogP contribution in [0.2, 0.25) is 0 Å². The Kier molecular flexibility index (Phi) is 6.17. The van der Waals surface area contributed by atoms with E-state index >= 15 is 0 Å². The molecule has 4 nitrogen and oxygen atoms in total. The molecule has 0 spiro atoms. The van der Waals surface area contributed by atoms with Crippen molar-refractivity contribution in [1.29, 1.82) is 5.26 Å². The molecule has 0 aromatic heterocycles. The van der Waals surface area contributed by atoms with E-state index in [1.54, 1.807) is 14.2 Å². The van der Waals surface area contributed by atoms with Gasteiger partial charge in [0.25, 0.3) is 0 Å². The minimum atomic E-state index is 0.0881. The van der Waals surface area contributed by atoms with Crippen LogP contribution in [0.5, 0.6) is 11.5 Å². The molecule has 1 aromatic carbocycles. The third-order valence-corrected chi connectivity index (χ3v) is 3.11. The maximum Gasteiger partial charge on any atom is 0.161 e. The Balaban J connectivity index is 2.69. The van der Waals surface area contributed by atoms with Crippen LogP contribution in [0.1, 0.15) is 18.9 Å². The number of benzene rings is 1. The molecule has 0 bridgehead atoms. The van der Waals surface area contributed by atoms with Gasteiger partial charge in [-0.05, 0) is 31.2 Å². The lowest BCUT2D eigenvalue weighted by Gasteiger charge is -2.19. The molecule has 0 aliphatic rings. The normalized spacial score (nSPS) is 12.0. The molecule has 1 atom stereocenters. The Morgan fingerprint density at radius 1 is 1.26 bits per heavy atom. The van der Waals surface area contributed by atoms with Crippen LogP contribution in [0.15, 0.2) is 18.2 Å². The van der Waals surface area contributed by atoms with Gasteiger partial charge in [0.05, 0.1) is 26.2 Å². The molecule has 1 rings (SSSR count). The van der Waals surface area contributed by atoms with Crippen LogP contribution in [0.25, 0.3) is 0 Å². The van der Waals surface area contributed by atoms with Gasteiger partial charge in [-0.25, -0.2) is 0 Å². The number of rotatable bonds is 7. The van der Waals surface area contributed by atoms with E-state index < -0.39 is 0 Å². The van der Waals surface area contributed by atoms with Gasteiger partial charge < -0.3 is 14.4 Å². The lowest BCUT2D eigenvalue weighted by Crippen LogP contribution is -2.24. The number of ether oxygens (including phenoxy) is 2. The summed E-state index contributed by atoms with van der Waals surface area (Å²) in [7, 11) is 5.28. The Labute approximate surface area is 115 Å². The van der Waals surface area contributed by atoms with Gasteiger partial charge >= 0.3 is 0 Å². The maximum absolute atomic E-state index is 8.98. The summed E-state index contributed by atoms with van der Waals surface area (Å²) in [6.07, 6.45) is 0.882. The zero-order valence-electron chi connectivity index (χ0n) is 12.1. The SMILES string of the molecule is CCC(C#N)CN(C)Cc1ccc(OC)c(OC)c1. The lowest BCUT2D eigenvalue weighted by atomic mass is 10.1. The highest BCUT2D eigenvalue weighted by Crippen LogP contribution is 2.27. The molecule has 0 heterocycles. The monoisotopic (exact) mass is 262 g/mol. The minimum Gasteiger partial charge on any atom is -0.493 e. The van der Waals surface area contributed by atoms with E-state index in [4.69, 9.17) is 14.7 Å². The molecule has 0 saturated heterocycles. The quantitative estimate of drug-likeness (QED) is 0.758. The summed E-state index contributed by atoms with van der Waals surface area (Å²) < 4.78 is 10.5. The minimum absolute atomic E-state index is 0.0881. The highest BCUT2D eigenvalue weighted by molar-refractivity contribution is 5.42. The first-order chi connectivity index (χ1) is 9.14. The molecule has 0 amide bonds. The fourth-order valence-electron chi connectivity index (χ4n) is 1.99. The van der Waals surface area contributed by atoms with Crippen molar-refractivity contribution < 1.29 is 9.47 Å². The van der Waals surface area contributed by atoms with Gasteiger partial charge in [-0.2, -0.15) is 5.26 Å². The third-order valence-electron chi connectivity index (χ3n) is 3.11. The van der Waals surface area contributed by atoms with E-state index in [0.29, 0.717) is 0 Å². The van der Waals surface area contributed by atoms with Crippen molar-refractivity contribution in [3.05, 3.63) is 23.8 Å². The fourth-order valence-corrected chi connectivity index (χ4v) is 1.99. The largest absolute Gasteiger partial charge is 0.493 e. The summed E-state index contributed by atoms with van der Waals surface area (Å²) in [4.78, 5) is 2.15. The summed E-state index contributed by atoms with van der Waals surface area (Å²) >= 11 is 0. The van der Waals surface area contributed by atoms with E-state index in [0.717, 1.165) is 36.6 Å². The number of hydrogen-bond donors (Lipinski definition) is 0. The molecule has 0 saturated carbocycles. The second kappa shape index (κ2) is 7.65. The number of nitriles is 1. The number of methoxy groups -OCH3 is 2. The zero-order valence-corrected chi connectivity index (χ0v) is 12.1. The van der Waals surface area contributed by atoms with Crippen molar-refractivity contribution in [1.82, 2.24) is 4.90 Å². The van der Waals surface area contributed by atoms with Crippen molar-refractivity contribution in [2.75, 3.05) is 27.8 Å². The summed E-state index contributed by atoms with van der Waals surface area (Å²) in [5, 5.41) is 8.98. The van der Waals surface area contributed by atoms with Gasteiger partial charge in [0, 0.05) is 13.1 Å². The number of nitrogens with zero attached hydrogens (tertiary/aromatic N) is 2. The van der Waals surface area contributed by atoms with Gasteiger partial charge in [0.2, 0.25) is 0 Å². The molecule has 19 heavy (non-hydrogen) atoms. The molecule has 104 valence electrons. The molecule has 0 radical (unpaired) electrons. The predicted octanol–water partition coefficient (Wildman–Crippen LogP) is 2.69. The lowest BCUT2D eigenvalue weighted by molar-refractivity contribution is 0.291. The maximum atomic E-state index is 8.98. The molecular formula is C15H22N2O2. The highest BCUT2D eigenvalue weighted by Gasteiger charge is 2.10. The first-order valence-corrected chi connectivity index (χ1v) is 6.43. The van der Waals surface area contributed by atoms with E-state index in [9.17, 15) is 0 Å². The molecule has 4 heteroatoms. The van der Waals surface area contributed by atoms with E-state index in [-0.39, 0.29) is 5.92 Å². The first kappa shape index (κ1) is 15.3. The summed E-state index contributed by atoms with van der Waals surface area (Å²) in [6, 6.07) is 8.22. The average molecular weight is 262 g/mol. The van der Waals surface area contributed by atoms with Crippen molar-refractivity contribution >= 4 is 0 Å². The molecule has 0 aliphatic carbocycles. The van der Waals surface area contributed by atoms with Crippen molar-refractivity contribution in [3.8, 4) is 17.6 Å². The molecule has 0 N–H and O–H groups in total. The van der Waals surface area contributed by atoms with Gasteiger partial charge in [0.1, 0.15) is 0 Å². The third kappa shape index (κ3) is 4.46. The van der Waals surface area contributed by atoms with Gasteiger partial charge in [0.15, 0.2) is 11.5 Å². The van der Waals surface area contributed by atoms with Crippen LogP contribution in [-0.4, -0.2) is 32.7 Å². The summed E-state index contributed by atoms with van der Waals surface area (Å²) in [5.41, 5.74) is 1.15. The van der Waals surface area contributed by atoms with Crippen LogP contribution in [0, 0.1) is 17.2 Å². The van der Waals surface area contributed by atoms with Crippen LogP contribution in [-0.2, 0) is 6.54 Å². The standard InChI is InChI=1S/C15H22N2O2/c1-5-12(9-16)10-17(2)11-13-6-7-14(18-3)15(8-13)19-4/h6-8,12H,5,10-11H2,1-4H3. The Bertz CT molecular complexity index is 440. The van der Waals surface area contributed by atoms with Gasteiger partial charge in [-0.3, -0.25) is 0 Å². The molecular weight excluding hydrogens is 240 g/mol. The van der Waals surface area contributed by atoms with E-state index in [2.05, 4.69) is 11.0 Å². The van der Waals surface area contributed by atoms with Crippen LogP contribution >= 0.6 is 0 Å². The Morgan fingerprint density at radius 3 is 2.47 bits per heavy atom. The Morgan fingerprint density at radius 2 is 1.95 bits per heavy atom. The highest BCUT2D eigenvalue weighted by atomic mass is 16.5. The molecule has 0 fully saturated rings. The van der Waals surface area contributed by atoms with Crippen molar-refractivity contribution in [2.45, 2.75) is 19.9 Å².